The van der Waals surface area contributed by atoms with Gasteiger partial charge >= 0.3 is 11.9 Å². The number of rotatable bonds is 3. The smallest absolute Gasteiger partial charge is 0.417 e. The van der Waals surface area contributed by atoms with Crippen LogP contribution in [0.25, 0.3) is 0 Å². The lowest BCUT2D eigenvalue weighted by Crippen LogP contribution is -2.12. The molecular weight excluding hydrogens is 315 g/mol. The minimum atomic E-state index is -5.06. The first-order chi connectivity index (χ1) is 8.48. The Balaban J connectivity index is 3.79. The number of alkyl halides is 3. The fourth-order valence-corrected chi connectivity index (χ4v) is 2.35. The van der Waals surface area contributed by atoms with Crippen molar-refractivity contribution in [2.75, 3.05) is 7.11 Å². The molecule has 0 aliphatic carbocycles. The molecule has 106 valence electrons. The van der Waals surface area contributed by atoms with Crippen molar-refractivity contribution in [2.24, 2.45) is 0 Å². The van der Waals surface area contributed by atoms with E-state index < -0.39 is 42.0 Å². The standard InChI is InChI=1S/C8H5ClF3NO5S/c1-18-6-2-4(8(10,11)12)7(19(9,16)17)3-5(6)13(14)15/h2-3H,1H3. The maximum atomic E-state index is 12.7. The van der Waals surface area contributed by atoms with Gasteiger partial charge in [0.25, 0.3) is 9.05 Å². The van der Waals surface area contributed by atoms with E-state index >= 15 is 0 Å². The molecule has 11 heteroatoms. The van der Waals surface area contributed by atoms with Gasteiger partial charge in [-0.1, -0.05) is 0 Å². The fraction of sp³-hybridized carbons (Fsp3) is 0.250. The number of nitrogens with zero attached hydrogens (tertiary/aromatic N) is 1. The molecule has 0 saturated heterocycles. The van der Waals surface area contributed by atoms with Gasteiger partial charge < -0.3 is 4.74 Å². The SMILES string of the molecule is COc1cc(C(F)(F)F)c(S(=O)(=O)Cl)cc1[N+](=O)[O-]. The van der Waals surface area contributed by atoms with Crippen molar-refractivity contribution in [3.63, 3.8) is 0 Å². The molecule has 0 aliphatic rings. The molecule has 0 amide bonds. The van der Waals surface area contributed by atoms with Gasteiger partial charge in [-0.25, -0.2) is 8.42 Å². The van der Waals surface area contributed by atoms with Crippen LogP contribution in [0.2, 0.25) is 0 Å². The van der Waals surface area contributed by atoms with E-state index in [1.165, 1.54) is 0 Å². The van der Waals surface area contributed by atoms with Crippen LogP contribution < -0.4 is 4.74 Å². The molecule has 0 fully saturated rings. The van der Waals surface area contributed by atoms with E-state index in [-0.39, 0.29) is 12.1 Å². The largest absolute Gasteiger partial charge is 0.490 e. The van der Waals surface area contributed by atoms with Crippen LogP contribution in [0.5, 0.6) is 5.75 Å². The van der Waals surface area contributed by atoms with Gasteiger partial charge in [0.15, 0.2) is 5.75 Å². The van der Waals surface area contributed by atoms with Crippen LogP contribution in [0, 0.1) is 10.1 Å². The maximum Gasteiger partial charge on any atom is 0.417 e. The molecule has 0 N–H and O–H groups in total. The molecule has 6 nitrogen and oxygen atoms in total. The van der Waals surface area contributed by atoms with E-state index in [1.54, 1.807) is 0 Å². The predicted octanol–water partition coefficient (Wildman–Crippen LogP) is 2.55. The molecule has 0 spiro atoms. The number of methoxy groups -OCH3 is 1. The molecule has 0 saturated carbocycles. The fourth-order valence-electron chi connectivity index (χ4n) is 1.28. The highest BCUT2D eigenvalue weighted by molar-refractivity contribution is 8.13. The molecule has 1 aromatic rings. The van der Waals surface area contributed by atoms with E-state index in [1.807, 2.05) is 0 Å². The van der Waals surface area contributed by atoms with Crippen molar-refractivity contribution in [1.29, 1.82) is 0 Å². The Hall–Kier alpha value is -1.55. The van der Waals surface area contributed by atoms with E-state index in [4.69, 9.17) is 10.7 Å². The number of nitro groups is 1. The highest BCUT2D eigenvalue weighted by Gasteiger charge is 2.39. The second-order valence-electron chi connectivity index (χ2n) is 3.21. The minimum absolute atomic E-state index is 0.212. The zero-order chi connectivity index (χ0) is 15.0. The molecule has 0 radical (unpaired) electrons. The summed E-state index contributed by atoms with van der Waals surface area (Å²) in [6.07, 6.45) is -5.06. The third-order valence-electron chi connectivity index (χ3n) is 2.05. The quantitative estimate of drug-likeness (QED) is 0.485. The first kappa shape index (κ1) is 15.5. The van der Waals surface area contributed by atoms with Crippen LogP contribution in [0.15, 0.2) is 17.0 Å². The highest BCUT2D eigenvalue weighted by Crippen LogP contribution is 2.41. The van der Waals surface area contributed by atoms with Crippen molar-refractivity contribution in [1.82, 2.24) is 0 Å². The van der Waals surface area contributed by atoms with Crippen molar-refractivity contribution < 1.29 is 31.2 Å². The van der Waals surface area contributed by atoms with Crippen molar-refractivity contribution in [3.05, 3.63) is 27.8 Å². The summed E-state index contributed by atoms with van der Waals surface area (Å²) in [4.78, 5) is 8.15. The molecule has 0 atom stereocenters. The Labute approximate surface area is 109 Å². The monoisotopic (exact) mass is 319 g/mol. The van der Waals surface area contributed by atoms with Gasteiger partial charge in [0.2, 0.25) is 0 Å². The van der Waals surface area contributed by atoms with Gasteiger partial charge in [-0.15, -0.1) is 0 Å². The van der Waals surface area contributed by atoms with Gasteiger partial charge in [0, 0.05) is 22.8 Å². The van der Waals surface area contributed by atoms with E-state index in [9.17, 15) is 31.7 Å². The second kappa shape index (κ2) is 4.85. The van der Waals surface area contributed by atoms with Crippen LogP contribution in [0.1, 0.15) is 5.56 Å². The van der Waals surface area contributed by atoms with Gasteiger partial charge in [-0.2, -0.15) is 13.2 Å². The van der Waals surface area contributed by atoms with E-state index in [0.29, 0.717) is 0 Å². The summed E-state index contributed by atoms with van der Waals surface area (Å²) in [6, 6.07) is 0.428. The molecule has 1 aromatic carbocycles. The number of hydrogen-bond donors (Lipinski definition) is 0. The Kier molecular flexibility index (Phi) is 3.96. The number of benzene rings is 1. The summed E-state index contributed by atoms with van der Waals surface area (Å²) in [5.41, 5.74) is -2.57. The molecule has 1 rings (SSSR count). The minimum Gasteiger partial charge on any atom is -0.490 e. The third kappa shape index (κ3) is 3.26. The zero-order valence-electron chi connectivity index (χ0n) is 9.06. The summed E-state index contributed by atoms with van der Waals surface area (Å²) in [6.45, 7) is 0. The molecule has 0 unspecified atom stereocenters. The third-order valence-corrected chi connectivity index (χ3v) is 3.41. The van der Waals surface area contributed by atoms with Crippen molar-refractivity contribution >= 4 is 25.4 Å². The Morgan fingerprint density at radius 3 is 2.21 bits per heavy atom. The van der Waals surface area contributed by atoms with Gasteiger partial charge in [0.05, 0.1) is 17.6 Å². The lowest BCUT2D eigenvalue weighted by molar-refractivity contribution is -0.386. The zero-order valence-corrected chi connectivity index (χ0v) is 10.6. The van der Waals surface area contributed by atoms with Gasteiger partial charge in [-0.3, -0.25) is 10.1 Å². The normalized spacial score (nSPS) is 12.3. The number of ether oxygens (including phenoxy) is 1. The van der Waals surface area contributed by atoms with Crippen molar-refractivity contribution in [3.8, 4) is 5.75 Å². The summed E-state index contributed by atoms with van der Waals surface area (Å²) >= 11 is 0. The number of halogens is 4. The van der Waals surface area contributed by atoms with E-state index in [0.717, 1.165) is 7.11 Å². The van der Waals surface area contributed by atoms with Gasteiger partial charge in [-0.05, 0) is 0 Å². The second-order valence-corrected chi connectivity index (χ2v) is 5.75. The summed E-state index contributed by atoms with van der Waals surface area (Å²) in [7, 11) is 0.959. The van der Waals surface area contributed by atoms with Crippen LogP contribution >= 0.6 is 10.7 Å². The molecule has 0 bridgehead atoms. The van der Waals surface area contributed by atoms with E-state index in [2.05, 4.69) is 4.74 Å². The summed E-state index contributed by atoms with van der Waals surface area (Å²) in [5, 5.41) is 10.6. The Bertz CT molecular complexity index is 628. The summed E-state index contributed by atoms with van der Waals surface area (Å²) < 4.78 is 64.6. The van der Waals surface area contributed by atoms with Crippen LogP contribution in [0.4, 0.5) is 18.9 Å². The van der Waals surface area contributed by atoms with Crippen molar-refractivity contribution in [2.45, 2.75) is 11.1 Å². The number of hydrogen-bond acceptors (Lipinski definition) is 5. The van der Waals surface area contributed by atoms with Crippen LogP contribution in [-0.2, 0) is 15.2 Å². The molecule has 19 heavy (non-hydrogen) atoms. The van der Waals surface area contributed by atoms with Crippen LogP contribution in [-0.4, -0.2) is 20.5 Å². The predicted molar refractivity (Wildman–Crippen MR) is 57.7 cm³/mol. The molecular formula is C8H5ClF3NO5S. The average Bonchev–Trinajstić information content (AvgIpc) is 2.24. The first-order valence-corrected chi connectivity index (χ1v) is 6.67. The van der Waals surface area contributed by atoms with Crippen LogP contribution in [0.3, 0.4) is 0 Å². The highest BCUT2D eigenvalue weighted by atomic mass is 35.7. The maximum absolute atomic E-state index is 12.7. The lowest BCUT2D eigenvalue weighted by atomic mass is 10.2. The molecule has 0 aliphatic heterocycles. The topological polar surface area (TPSA) is 86.5 Å². The lowest BCUT2D eigenvalue weighted by Gasteiger charge is -2.12. The Morgan fingerprint density at radius 1 is 1.37 bits per heavy atom. The van der Waals surface area contributed by atoms with Gasteiger partial charge in [0.1, 0.15) is 4.90 Å². The first-order valence-electron chi connectivity index (χ1n) is 4.36. The Morgan fingerprint density at radius 2 is 1.89 bits per heavy atom. The molecule has 0 aromatic heterocycles. The molecule has 0 heterocycles. The number of nitro benzene ring substituents is 1. The average molecular weight is 320 g/mol. The summed E-state index contributed by atoms with van der Waals surface area (Å²) in [5.74, 6) is -0.721.